The lowest BCUT2D eigenvalue weighted by molar-refractivity contribution is -0.139. The number of primary amides is 1. The first-order valence-corrected chi connectivity index (χ1v) is 9.56. The minimum atomic E-state index is -0.830. The molecule has 2 aromatic carbocycles. The van der Waals surface area contributed by atoms with Crippen LogP contribution in [0.3, 0.4) is 0 Å². The van der Waals surface area contributed by atoms with Crippen LogP contribution in [0.15, 0.2) is 48.5 Å². The van der Waals surface area contributed by atoms with Gasteiger partial charge in [0.25, 0.3) is 0 Å². The normalized spacial score (nSPS) is 13.2. The zero-order chi connectivity index (χ0) is 21.6. The molecule has 2 rings (SSSR count). The van der Waals surface area contributed by atoms with Crippen LogP contribution in [0.25, 0.3) is 6.08 Å². The van der Waals surface area contributed by atoms with Crippen LogP contribution in [0.5, 0.6) is 5.75 Å². The van der Waals surface area contributed by atoms with Gasteiger partial charge in [-0.3, -0.25) is 9.59 Å². The Kier molecular flexibility index (Phi) is 7.56. The number of phenols is 1. The van der Waals surface area contributed by atoms with E-state index in [1.54, 1.807) is 19.1 Å². The third-order valence-corrected chi connectivity index (χ3v) is 5.00. The first-order chi connectivity index (χ1) is 13.7. The van der Waals surface area contributed by atoms with E-state index in [9.17, 15) is 14.7 Å². The average Bonchev–Trinajstić information content (AvgIpc) is 2.67. The number of aromatic hydroxyl groups is 1. The second-order valence-corrected chi connectivity index (χ2v) is 7.25. The molecule has 0 aliphatic rings. The predicted octanol–water partition coefficient (Wildman–Crippen LogP) is 2.29. The van der Waals surface area contributed by atoms with Crippen molar-refractivity contribution < 1.29 is 14.7 Å². The summed E-state index contributed by atoms with van der Waals surface area (Å²) in [5.74, 6) is -0.754. The van der Waals surface area contributed by atoms with Gasteiger partial charge in [-0.05, 0) is 61.6 Å². The molecular formula is C23H29N3O3. The summed E-state index contributed by atoms with van der Waals surface area (Å²) in [5.41, 5.74) is 15.3. The van der Waals surface area contributed by atoms with Crippen molar-refractivity contribution in [2.24, 2.45) is 11.5 Å². The first kappa shape index (κ1) is 22.2. The quantitative estimate of drug-likeness (QED) is 0.637. The van der Waals surface area contributed by atoms with Crippen LogP contribution in [0.4, 0.5) is 0 Å². The number of nitrogens with zero attached hydrogens (tertiary/aromatic N) is 1. The van der Waals surface area contributed by atoms with E-state index in [1.165, 1.54) is 4.90 Å². The summed E-state index contributed by atoms with van der Waals surface area (Å²) in [6, 6.07) is 11.3. The van der Waals surface area contributed by atoms with Crippen molar-refractivity contribution in [3.8, 4) is 5.75 Å². The molecule has 0 fully saturated rings. The second kappa shape index (κ2) is 9.89. The molecule has 0 aromatic heterocycles. The van der Waals surface area contributed by atoms with Crippen LogP contribution in [0.1, 0.15) is 29.2 Å². The molecule has 29 heavy (non-hydrogen) atoms. The third-order valence-electron chi connectivity index (χ3n) is 5.00. The molecule has 0 saturated carbocycles. The van der Waals surface area contributed by atoms with Crippen LogP contribution >= 0.6 is 0 Å². The van der Waals surface area contributed by atoms with Crippen molar-refractivity contribution in [1.82, 2.24) is 4.90 Å². The van der Waals surface area contributed by atoms with Crippen LogP contribution in [-0.4, -0.2) is 40.4 Å². The van der Waals surface area contributed by atoms with E-state index in [0.29, 0.717) is 6.42 Å². The smallest absolute Gasteiger partial charge is 0.240 e. The van der Waals surface area contributed by atoms with E-state index in [0.717, 1.165) is 22.3 Å². The number of amides is 2. The summed E-state index contributed by atoms with van der Waals surface area (Å²) in [6.45, 7) is 5.55. The summed E-state index contributed by atoms with van der Waals surface area (Å²) in [6.07, 6.45) is 4.01. The third kappa shape index (κ3) is 5.93. The molecule has 2 atom stereocenters. The molecule has 0 saturated heterocycles. The molecule has 154 valence electrons. The largest absolute Gasteiger partial charge is 0.508 e. The molecule has 1 unspecified atom stereocenters. The van der Waals surface area contributed by atoms with Crippen molar-refractivity contribution >= 4 is 17.9 Å². The molecule has 0 heterocycles. The van der Waals surface area contributed by atoms with Gasteiger partial charge in [-0.25, -0.2) is 0 Å². The fourth-order valence-electron chi connectivity index (χ4n) is 3.27. The fourth-order valence-corrected chi connectivity index (χ4v) is 3.27. The Labute approximate surface area is 171 Å². The topological polar surface area (TPSA) is 110 Å². The second-order valence-electron chi connectivity index (χ2n) is 7.25. The van der Waals surface area contributed by atoms with Crippen molar-refractivity contribution in [3.63, 3.8) is 0 Å². The zero-order valence-corrected chi connectivity index (χ0v) is 17.1. The van der Waals surface area contributed by atoms with Gasteiger partial charge in [0.15, 0.2) is 0 Å². The van der Waals surface area contributed by atoms with Gasteiger partial charge in [-0.1, -0.05) is 42.5 Å². The van der Waals surface area contributed by atoms with Gasteiger partial charge in [0, 0.05) is 6.54 Å². The standard InChI is InChI=1S/C23H29N3O3/c1-15-12-19(27)13-16(2)20(15)14-21(24)23(29)26(17(3)22(25)28)11-7-10-18-8-5-4-6-9-18/h4-10,12-13,17,21,27H,11,14,24H2,1-3H3,(H2,25,28)/b10-7-/t17-,21?/m1/s1. The Morgan fingerprint density at radius 2 is 1.72 bits per heavy atom. The Morgan fingerprint density at radius 1 is 1.14 bits per heavy atom. The highest BCUT2D eigenvalue weighted by Gasteiger charge is 2.28. The van der Waals surface area contributed by atoms with Gasteiger partial charge in [0.1, 0.15) is 11.8 Å². The van der Waals surface area contributed by atoms with Gasteiger partial charge >= 0.3 is 0 Å². The maximum atomic E-state index is 13.0. The Bertz CT molecular complexity index is 870. The van der Waals surface area contributed by atoms with Crippen LogP contribution < -0.4 is 11.5 Å². The molecule has 0 aliphatic carbocycles. The Morgan fingerprint density at radius 3 is 2.28 bits per heavy atom. The van der Waals surface area contributed by atoms with Gasteiger partial charge < -0.3 is 21.5 Å². The van der Waals surface area contributed by atoms with E-state index >= 15 is 0 Å². The maximum Gasteiger partial charge on any atom is 0.240 e. The van der Waals surface area contributed by atoms with Crippen LogP contribution in [-0.2, 0) is 16.0 Å². The number of rotatable bonds is 8. The van der Waals surface area contributed by atoms with Crippen molar-refractivity contribution in [2.75, 3.05) is 6.54 Å². The number of carbonyl (C=O) groups is 2. The number of aryl methyl sites for hydroxylation is 2. The predicted molar refractivity (Wildman–Crippen MR) is 115 cm³/mol. The highest BCUT2D eigenvalue weighted by atomic mass is 16.3. The average molecular weight is 396 g/mol. The minimum absolute atomic E-state index is 0.179. The lowest BCUT2D eigenvalue weighted by atomic mass is 9.95. The summed E-state index contributed by atoms with van der Waals surface area (Å²) >= 11 is 0. The van der Waals surface area contributed by atoms with Crippen LogP contribution in [0.2, 0.25) is 0 Å². The van der Waals surface area contributed by atoms with Crippen molar-refractivity contribution in [2.45, 2.75) is 39.3 Å². The molecule has 0 bridgehead atoms. The molecule has 5 N–H and O–H groups in total. The molecule has 0 spiro atoms. The summed E-state index contributed by atoms with van der Waals surface area (Å²) in [4.78, 5) is 26.2. The van der Waals surface area contributed by atoms with E-state index in [2.05, 4.69) is 0 Å². The van der Waals surface area contributed by atoms with Crippen LogP contribution in [0, 0.1) is 13.8 Å². The SMILES string of the molecule is Cc1cc(O)cc(C)c1CC(N)C(=O)N(C/C=C\c1ccccc1)[C@H](C)C(N)=O. The molecule has 2 aromatic rings. The summed E-state index contributed by atoms with van der Waals surface area (Å²) in [7, 11) is 0. The van der Waals surface area contributed by atoms with Crippen molar-refractivity contribution in [3.05, 3.63) is 70.8 Å². The van der Waals surface area contributed by atoms with Gasteiger partial charge in [-0.15, -0.1) is 0 Å². The Hall–Kier alpha value is -3.12. The van der Waals surface area contributed by atoms with Crippen molar-refractivity contribution in [1.29, 1.82) is 0 Å². The number of nitrogens with two attached hydrogens (primary N) is 2. The van der Waals surface area contributed by atoms with Gasteiger partial charge in [0.05, 0.1) is 6.04 Å². The number of carbonyl (C=O) groups excluding carboxylic acids is 2. The fraction of sp³-hybridized carbons (Fsp3) is 0.304. The molecule has 6 heteroatoms. The number of hydrogen-bond donors (Lipinski definition) is 3. The van der Waals surface area contributed by atoms with E-state index in [-0.39, 0.29) is 18.2 Å². The Balaban J connectivity index is 2.18. The highest BCUT2D eigenvalue weighted by molar-refractivity contribution is 5.89. The lowest BCUT2D eigenvalue weighted by Crippen LogP contribution is -2.52. The number of benzene rings is 2. The summed E-state index contributed by atoms with van der Waals surface area (Å²) in [5, 5.41) is 9.71. The molecule has 2 amide bonds. The monoisotopic (exact) mass is 395 g/mol. The summed E-state index contributed by atoms with van der Waals surface area (Å²) < 4.78 is 0. The van der Waals surface area contributed by atoms with E-state index < -0.39 is 18.0 Å². The zero-order valence-electron chi connectivity index (χ0n) is 17.1. The van der Waals surface area contributed by atoms with E-state index in [1.807, 2.05) is 56.3 Å². The molecule has 0 radical (unpaired) electrons. The molecule has 0 aliphatic heterocycles. The van der Waals surface area contributed by atoms with E-state index in [4.69, 9.17) is 11.5 Å². The number of phenolic OH excluding ortho intramolecular Hbond substituents is 1. The first-order valence-electron chi connectivity index (χ1n) is 9.56. The van der Waals surface area contributed by atoms with Gasteiger partial charge in [-0.2, -0.15) is 0 Å². The maximum absolute atomic E-state index is 13.0. The molecular weight excluding hydrogens is 366 g/mol. The minimum Gasteiger partial charge on any atom is -0.508 e. The highest BCUT2D eigenvalue weighted by Crippen LogP contribution is 2.22. The van der Waals surface area contributed by atoms with Gasteiger partial charge in [0.2, 0.25) is 11.8 Å². The number of hydrogen-bond acceptors (Lipinski definition) is 4. The lowest BCUT2D eigenvalue weighted by Gasteiger charge is -2.29. The molecule has 6 nitrogen and oxygen atoms in total.